The summed E-state index contributed by atoms with van der Waals surface area (Å²) >= 11 is 7.13. The number of anilines is 1. The van der Waals surface area contributed by atoms with Crippen LogP contribution in [0, 0.1) is 11.8 Å². The lowest BCUT2D eigenvalue weighted by molar-refractivity contribution is 0.280. The molecule has 1 N–H and O–H groups in total. The van der Waals surface area contributed by atoms with Gasteiger partial charge in [-0.1, -0.05) is 20.3 Å². The Morgan fingerprint density at radius 2 is 1.89 bits per heavy atom. The summed E-state index contributed by atoms with van der Waals surface area (Å²) in [5, 5.41) is 3.68. The van der Waals surface area contributed by atoms with Crippen LogP contribution in [0.5, 0.6) is 5.75 Å². The van der Waals surface area contributed by atoms with Crippen molar-refractivity contribution in [3.63, 3.8) is 0 Å². The van der Waals surface area contributed by atoms with Gasteiger partial charge in [-0.3, -0.25) is 0 Å². The first-order chi connectivity index (χ1) is 9.01. The molecular formula is C15H21Br2NO. The summed E-state index contributed by atoms with van der Waals surface area (Å²) in [6.45, 7) is 4.69. The molecule has 0 radical (unpaired) electrons. The second-order valence-electron chi connectivity index (χ2n) is 5.61. The predicted octanol–water partition coefficient (Wildman–Crippen LogP) is 5.46. The highest BCUT2D eigenvalue weighted by atomic mass is 79.9. The Labute approximate surface area is 132 Å². The van der Waals surface area contributed by atoms with Crippen LogP contribution in [0.2, 0.25) is 0 Å². The highest BCUT2D eigenvalue weighted by Gasteiger charge is 2.26. The third kappa shape index (κ3) is 3.66. The van der Waals surface area contributed by atoms with E-state index in [-0.39, 0.29) is 0 Å². The van der Waals surface area contributed by atoms with Crippen LogP contribution in [-0.4, -0.2) is 13.2 Å². The molecule has 0 heterocycles. The highest BCUT2D eigenvalue weighted by molar-refractivity contribution is 9.11. The molecule has 19 heavy (non-hydrogen) atoms. The fourth-order valence-corrected chi connectivity index (χ4v) is 4.00. The molecule has 1 aliphatic rings. The number of halogens is 2. The second kappa shape index (κ2) is 6.49. The third-order valence-corrected chi connectivity index (χ3v) is 5.32. The Hall–Kier alpha value is -0.220. The lowest BCUT2D eigenvalue weighted by Gasteiger charge is -2.34. The molecule has 1 aromatic rings. The topological polar surface area (TPSA) is 21.3 Å². The van der Waals surface area contributed by atoms with Gasteiger partial charge in [0.2, 0.25) is 0 Å². The Bertz CT molecular complexity index is 450. The van der Waals surface area contributed by atoms with E-state index in [4.69, 9.17) is 4.74 Å². The van der Waals surface area contributed by atoms with Crippen LogP contribution in [0.4, 0.5) is 5.69 Å². The average Bonchev–Trinajstić information content (AvgIpc) is 2.37. The largest absolute Gasteiger partial charge is 0.495 e. The van der Waals surface area contributed by atoms with Gasteiger partial charge in [-0.05, 0) is 62.6 Å². The molecule has 3 unspecified atom stereocenters. The lowest BCUT2D eigenvalue weighted by Crippen LogP contribution is -2.33. The first-order valence-corrected chi connectivity index (χ1v) is 8.39. The van der Waals surface area contributed by atoms with Gasteiger partial charge in [-0.2, -0.15) is 0 Å². The van der Waals surface area contributed by atoms with Crippen molar-refractivity contribution in [1.82, 2.24) is 0 Å². The third-order valence-electron chi connectivity index (χ3n) is 4.04. The monoisotopic (exact) mass is 389 g/mol. The van der Waals surface area contributed by atoms with Gasteiger partial charge in [0, 0.05) is 16.6 Å². The van der Waals surface area contributed by atoms with Crippen LogP contribution in [-0.2, 0) is 0 Å². The van der Waals surface area contributed by atoms with Gasteiger partial charge in [0.05, 0.1) is 17.3 Å². The van der Waals surface area contributed by atoms with Crippen molar-refractivity contribution < 1.29 is 4.74 Å². The van der Waals surface area contributed by atoms with E-state index >= 15 is 0 Å². The summed E-state index contributed by atoms with van der Waals surface area (Å²) in [6.07, 6.45) is 3.90. The van der Waals surface area contributed by atoms with Crippen molar-refractivity contribution in [3.8, 4) is 5.75 Å². The Morgan fingerprint density at radius 1 is 1.16 bits per heavy atom. The molecule has 4 heteroatoms. The molecule has 0 saturated heterocycles. The number of ether oxygens (including phenoxy) is 1. The van der Waals surface area contributed by atoms with E-state index in [0.29, 0.717) is 6.04 Å². The van der Waals surface area contributed by atoms with Crippen LogP contribution in [0.3, 0.4) is 0 Å². The summed E-state index contributed by atoms with van der Waals surface area (Å²) in [4.78, 5) is 0. The molecule has 0 aliphatic heterocycles. The van der Waals surface area contributed by atoms with E-state index in [2.05, 4.69) is 57.1 Å². The molecule has 3 atom stereocenters. The molecule has 106 valence electrons. The summed E-state index contributed by atoms with van der Waals surface area (Å²) in [7, 11) is 1.70. The molecule has 0 aromatic heterocycles. The minimum Gasteiger partial charge on any atom is -0.495 e. The maximum Gasteiger partial charge on any atom is 0.135 e. The number of benzene rings is 1. The number of methoxy groups -OCH3 is 1. The standard InChI is InChI=1S/C15H21Br2NO/c1-9-4-5-10(2)13(6-9)18-14-8-15(19-3)12(17)7-11(14)16/h7-10,13,18H,4-6H2,1-3H3. The lowest BCUT2D eigenvalue weighted by atomic mass is 9.80. The van der Waals surface area contributed by atoms with Gasteiger partial charge in [-0.25, -0.2) is 0 Å². The molecule has 1 aliphatic carbocycles. The quantitative estimate of drug-likeness (QED) is 0.739. The van der Waals surface area contributed by atoms with Crippen molar-refractivity contribution in [3.05, 3.63) is 21.1 Å². The maximum atomic E-state index is 5.37. The number of hydrogen-bond donors (Lipinski definition) is 1. The van der Waals surface area contributed by atoms with Crippen LogP contribution in [0.25, 0.3) is 0 Å². The Balaban J connectivity index is 2.18. The zero-order valence-electron chi connectivity index (χ0n) is 11.7. The normalized spacial score (nSPS) is 27.1. The van der Waals surface area contributed by atoms with Crippen LogP contribution in [0.15, 0.2) is 21.1 Å². The molecular weight excluding hydrogens is 370 g/mol. The van der Waals surface area contributed by atoms with E-state index in [9.17, 15) is 0 Å². The van der Waals surface area contributed by atoms with Gasteiger partial charge in [0.1, 0.15) is 5.75 Å². The van der Waals surface area contributed by atoms with Crippen LogP contribution in [0.1, 0.15) is 33.1 Å². The average molecular weight is 391 g/mol. The van der Waals surface area contributed by atoms with Crippen molar-refractivity contribution in [2.75, 3.05) is 12.4 Å². The minimum absolute atomic E-state index is 0.547. The summed E-state index contributed by atoms with van der Waals surface area (Å²) in [6, 6.07) is 4.64. The molecule has 2 nitrogen and oxygen atoms in total. The molecule has 0 amide bonds. The first kappa shape index (κ1) is 15.2. The SMILES string of the molecule is COc1cc(NC2CC(C)CCC2C)c(Br)cc1Br. The van der Waals surface area contributed by atoms with Crippen molar-refractivity contribution >= 4 is 37.5 Å². The van der Waals surface area contributed by atoms with Crippen LogP contribution < -0.4 is 10.1 Å². The van der Waals surface area contributed by atoms with Crippen molar-refractivity contribution in [2.24, 2.45) is 11.8 Å². The van der Waals surface area contributed by atoms with Crippen LogP contribution >= 0.6 is 31.9 Å². The smallest absolute Gasteiger partial charge is 0.135 e. The fourth-order valence-electron chi connectivity index (χ4n) is 2.73. The summed E-state index contributed by atoms with van der Waals surface area (Å²) < 4.78 is 7.41. The highest BCUT2D eigenvalue weighted by Crippen LogP contribution is 2.37. The zero-order chi connectivity index (χ0) is 14.0. The van der Waals surface area contributed by atoms with E-state index in [0.717, 1.165) is 32.2 Å². The zero-order valence-corrected chi connectivity index (χ0v) is 14.8. The van der Waals surface area contributed by atoms with Gasteiger partial charge in [-0.15, -0.1) is 0 Å². The van der Waals surface area contributed by atoms with Crippen molar-refractivity contribution in [1.29, 1.82) is 0 Å². The maximum absolute atomic E-state index is 5.37. The molecule has 1 fully saturated rings. The van der Waals surface area contributed by atoms with Gasteiger partial charge < -0.3 is 10.1 Å². The molecule has 1 aromatic carbocycles. The molecule has 0 bridgehead atoms. The van der Waals surface area contributed by atoms with E-state index < -0.39 is 0 Å². The van der Waals surface area contributed by atoms with Gasteiger partial charge in [0.15, 0.2) is 0 Å². The van der Waals surface area contributed by atoms with E-state index in [1.165, 1.54) is 19.3 Å². The van der Waals surface area contributed by atoms with Crippen molar-refractivity contribution in [2.45, 2.75) is 39.2 Å². The number of hydrogen-bond acceptors (Lipinski definition) is 2. The van der Waals surface area contributed by atoms with Gasteiger partial charge in [0.25, 0.3) is 0 Å². The molecule has 2 rings (SSSR count). The second-order valence-corrected chi connectivity index (χ2v) is 7.32. The van der Waals surface area contributed by atoms with Gasteiger partial charge >= 0.3 is 0 Å². The summed E-state index contributed by atoms with van der Waals surface area (Å²) in [5.74, 6) is 2.39. The van der Waals surface area contributed by atoms with E-state index in [1.807, 2.05) is 6.07 Å². The number of rotatable bonds is 3. The van der Waals surface area contributed by atoms with E-state index in [1.54, 1.807) is 7.11 Å². The molecule has 0 spiro atoms. The first-order valence-electron chi connectivity index (χ1n) is 6.80. The molecule has 1 saturated carbocycles. The fraction of sp³-hybridized carbons (Fsp3) is 0.600. The minimum atomic E-state index is 0.547. The predicted molar refractivity (Wildman–Crippen MR) is 88.0 cm³/mol. The number of nitrogens with one attached hydrogen (secondary N) is 1. The summed E-state index contributed by atoms with van der Waals surface area (Å²) in [5.41, 5.74) is 1.12. The Kier molecular flexibility index (Phi) is 5.18. The Morgan fingerprint density at radius 3 is 2.58 bits per heavy atom.